The van der Waals surface area contributed by atoms with Crippen LogP contribution >= 0.6 is 0 Å². The summed E-state index contributed by atoms with van der Waals surface area (Å²) in [7, 11) is 2.00. The predicted molar refractivity (Wildman–Crippen MR) is 67.7 cm³/mol. The Bertz CT molecular complexity index is 300. The Hall–Kier alpha value is -0.980. The topological polar surface area (TPSA) is 12.0 Å². The van der Waals surface area contributed by atoms with Crippen LogP contribution in [0.1, 0.15) is 40.0 Å². The zero-order valence-electron chi connectivity index (χ0n) is 10.5. The van der Waals surface area contributed by atoms with E-state index < -0.39 is 0 Å². The molecule has 15 heavy (non-hydrogen) atoms. The maximum Gasteiger partial charge on any atom is 0.0161 e. The van der Waals surface area contributed by atoms with Gasteiger partial charge in [0.25, 0.3) is 0 Å². The van der Waals surface area contributed by atoms with Gasteiger partial charge in [0, 0.05) is 18.2 Å². The van der Waals surface area contributed by atoms with E-state index in [-0.39, 0.29) is 5.41 Å². The standard InChI is InChI=1S/C14H23N/c1-6-11-8-7-9-12(11)10-13(15-5)14(2,3)4/h6,10,15H,1,7-9H2,2-5H3/b13-10-. The van der Waals surface area contributed by atoms with Gasteiger partial charge in [-0.1, -0.05) is 33.4 Å². The molecule has 0 amide bonds. The van der Waals surface area contributed by atoms with E-state index >= 15 is 0 Å². The normalized spacial score (nSPS) is 18.3. The summed E-state index contributed by atoms with van der Waals surface area (Å²) in [5, 5.41) is 3.31. The van der Waals surface area contributed by atoms with Crippen molar-refractivity contribution in [2.75, 3.05) is 7.05 Å². The van der Waals surface area contributed by atoms with Gasteiger partial charge in [0.05, 0.1) is 0 Å². The van der Waals surface area contributed by atoms with Crippen molar-refractivity contribution in [3.63, 3.8) is 0 Å². The molecular weight excluding hydrogens is 182 g/mol. The van der Waals surface area contributed by atoms with Crippen molar-refractivity contribution < 1.29 is 0 Å². The molecule has 0 bridgehead atoms. The summed E-state index contributed by atoms with van der Waals surface area (Å²) < 4.78 is 0. The number of nitrogens with one attached hydrogen (secondary N) is 1. The molecule has 0 radical (unpaired) electrons. The van der Waals surface area contributed by atoms with E-state index in [1.165, 1.54) is 36.1 Å². The smallest absolute Gasteiger partial charge is 0.0161 e. The fourth-order valence-electron chi connectivity index (χ4n) is 2.03. The van der Waals surface area contributed by atoms with Crippen LogP contribution in [0, 0.1) is 5.41 Å². The molecule has 0 aromatic carbocycles. The largest absolute Gasteiger partial charge is 0.391 e. The van der Waals surface area contributed by atoms with Gasteiger partial charge in [0.2, 0.25) is 0 Å². The SMILES string of the molecule is C=CC1=C(/C=C(\NC)C(C)(C)C)CCC1. The molecular formula is C14H23N. The molecule has 1 nitrogen and oxygen atoms in total. The summed E-state index contributed by atoms with van der Waals surface area (Å²) in [4.78, 5) is 0. The van der Waals surface area contributed by atoms with Crippen LogP contribution in [0.25, 0.3) is 0 Å². The van der Waals surface area contributed by atoms with E-state index in [2.05, 4.69) is 38.7 Å². The summed E-state index contributed by atoms with van der Waals surface area (Å²) in [5.74, 6) is 0. The molecule has 0 atom stereocenters. The van der Waals surface area contributed by atoms with Crippen molar-refractivity contribution in [2.45, 2.75) is 40.0 Å². The van der Waals surface area contributed by atoms with Crippen molar-refractivity contribution >= 4 is 0 Å². The number of allylic oxidation sites excluding steroid dienone is 5. The second kappa shape index (κ2) is 4.69. The van der Waals surface area contributed by atoms with Gasteiger partial charge < -0.3 is 5.32 Å². The molecule has 1 N–H and O–H groups in total. The first-order valence-corrected chi connectivity index (χ1v) is 5.73. The average molecular weight is 205 g/mol. The molecule has 84 valence electrons. The van der Waals surface area contributed by atoms with Crippen molar-refractivity contribution in [1.29, 1.82) is 0 Å². The number of rotatable bonds is 3. The van der Waals surface area contributed by atoms with E-state index in [9.17, 15) is 0 Å². The number of hydrogen-bond donors (Lipinski definition) is 1. The molecule has 1 rings (SSSR count). The first-order chi connectivity index (χ1) is 6.99. The Kier molecular flexibility index (Phi) is 3.78. The van der Waals surface area contributed by atoms with Gasteiger partial charge in [-0.05, 0) is 36.5 Å². The molecule has 0 aromatic rings. The summed E-state index contributed by atoms with van der Waals surface area (Å²) in [6, 6.07) is 0. The molecule has 0 aromatic heterocycles. The Labute approximate surface area is 94.0 Å². The first kappa shape index (κ1) is 12.1. The molecule has 0 spiro atoms. The van der Waals surface area contributed by atoms with E-state index in [1.807, 2.05) is 13.1 Å². The van der Waals surface area contributed by atoms with Crippen LogP contribution in [0.5, 0.6) is 0 Å². The van der Waals surface area contributed by atoms with Crippen molar-refractivity contribution in [1.82, 2.24) is 5.32 Å². The summed E-state index contributed by atoms with van der Waals surface area (Å²) >= 11 is 0. The van der Waals surface area contributed by atoms with Gasteiger partial charge in [0.15, 0.2) is 0 Å². The fraction of sp³-hybridized carbons (Fsp3) is 0.571. The minimum Gasteiger partial charge on any atom is -0.391 e. The van der Waals surface area contributed by atoms with Crippen molar-refractivity contribution in [3.05, 3.63) is 35.6 Å². The second-order valence-electron chi connectivity index (χ2n) is 5.17. The summed E-state index contributed by atoms with van der Waals surface area (Å²) in [6.45, 7) is 10.6. The first-order valence-electron chi connectivity index (χ1n) is 5.73. The lowest BCUT2D eigenvalue weighted by Crippen LogP contribution is -2.21. The van der Waals surface area contributed by atoms with Gasteiger partial charge in [-0.15, -0.1) is 0 Å². The van der Waals surface area contributed by atoms with Crippen LogP contribution in [-0.4, -0.2) is 7.05 Å². The van der Waals surface area contributed by atoms with Crippen molar-refractivity contribution in [3.8, 4) is 0 Å². The lowest BCUT2D eigenvalue weighted by Gasteiger charge is -2.23. The fourth-order valence-corrected chi connectivity index (χ4v) is 2.03. The highest BCUT2D eigenvalue weighted by Gasteiger charge is 2.18. The van der Waals surface area contributed by atoms with E-state index in [0.717, 1.165) is 0 Å². The van der Waals surface area contributed by atoms with Gasteiger partial charge in [-0.25, -0.2) is 0 Å². The van der Waals surface area contributed by atoms with Crippen LogP contribution in [0.4, 0.5) is 0 Å². The molecule has 0 heterocycles. The highest BCUT2D eigenvalue weighted by atomic mass is 14.8. The highest BCUT2D eigenvalue weighted by Crippen LogP contribution is 2.31. The maximum atomic E-state index is 3.88. The Morgan fingerprint density at radius 1 is 1.27 bits per heavy atom. The molecule has 0 fully saturated rings. The minimum atomic E-state index is 0.191. The molecule has 1 aliphatic carbocycles. The Morgan fingerprint density at radius 2 is 1.87 bits per heavy atom. The molecule has 0 unspecified atom stereocenters. The van der Waals surface area contributed by atoms with Crippen LogP contribution in [-0.2, 0) is 0 Å². The Balaban J connectivity index is 2.98. The summed E-state index contributed by atoms with van der Waals surface area (Å²) in [5.41, 5.74) is 4.38. The van der Waals surface area contributed by atoms with Gasteiger partial charge in [0.1, 0.15) is 0 Å². The lowest BCUT2D eigenvalue weighted by atomic mass is 9.90. The van der Waals surface area contributed by atoms with Gasteiger partial charge in [-0.3, -0.25) is 0 Å². The zero-order chi connectivity index (χ0) is 11.5. The Morgan fingerprint density at radius 3 is 2.33 bits per heavy atom. The molecule has 0 saturated heterocycles. The number of hydrogen-bond acceptors (Lipinski definition) is 1. The quantitative estimate of drug-likeness (QED) is 0.739. The highest BCUT2D eigenvalue weighted by molar-refractivity contribution is 5.38. The third-order valence-corrected chi connectivity index (χ3v) is 2.95. The summed E-state index contributed by atoms with van der Waals surface area (Å²) in [6.07, 6.45) is 7.98. The molecule has 1 heteroatoms. The molecule has 1 aliphatic rings. The lowest BCUT2D eigenvalue weighted by molar-refractivity contribution is 0.472. The van der Waals surface area contributed by atoms with E-state index in [4.69, 9.17) is 0 Å². The third kappa shape index (κ3) is 2.98. The monoisotopic (exact) mass is 205 g/mol. The average Bonchev–Trinajstić information content (AvgIpc) is 2.59. The van der Waals surface area contributed by atoms with Crippen LogP contribution < -0.4 is 5.32 Å². The van der Waals surface area contributed by atoms with Gasteiger partial charge >= 0.3 is 0 Å². The minimum absolute atomic E-state index is 0.191. The van der Waals surface area contributed by atoms with Crippen LogP contribution in [0.3, 0.4) is 0 Å². The van der Waals surface area contributed by atoms with E-state index in [0.29, 0.717) is 0 Å². The van der Waals surface area contributed by atoms with Crippen LogP contribution in [0.15, 0.2) is 35.6 Å². The van der Waals surface area contributed by atoms with Crippen LogP contribution in [0.2, 0.25) is 0 Å². The second-order valence-corrected chi connectivity index (χ2v) is 5.17. The van der Waals surface area contributed by atoms with E-state index in [1.54, 1.807) is 0 Å². The zero-order valence-corrected chi connectivity index (χ0v) is 10.5. The molecule has 0 saturated carbocycles. The predicted octanol–water partition coefficient (Wildman–Crippen LogP) is 3.80. The van der Waals surface area contributed by atoms with Crippen molar-refractivity contribution in [2.24, 2.45) is 5.41 Å². The molecule has 0 aliphatic heterocycles. The van der Waals surface area contributed by atoms with Gasteiger partial charge in [-0.2, -0.15) is 0 Å². The third-order valence-electron chi connectivity index (χ3n) is 2.95. The maximum absolute atomic E-state index is 3.88.